The van der Waals surface area contributed by atoms with Crippen molar-refractivity contribution in [2.24, 2.45) is 0 Å². The minimum absolute atomic E-state index is 0.201. The van der Waals surface area contributed by atoms with E-state index in [4.69, 9.17) is 11.6 Å². The average molecular weight is 516 g/mol. The molecule has 0 N–H and O–H groups in total. The molecule has 0 bridgehead atoms. The lowest BCUT2D eigenvalue weighted by Gasteiger charge is -2.12. The summed E-state index contributed by atoms with van der Waals surface area (Å²) in [5, 5.41) is 9.08. The Labute approximate surface area is 216 Å². The van der Waals surface area contributed by atoms with Crippen molar-refractivity contribution in [3.05, 3.63) is 118 Å². The predicted octanol–water partition coefficient (Wildman–Crippen LogP) is 6.27. The lowest BCUT2D eigenvalue weighted by atomic mass is 9.98. The van der Waals surface area contributed by atoms with Gasteiger partial charge in [-0.05, 0) is 53.1 Å². The number of benzene rings is 2. The maximum Gasteiger partial charge on any atom is 0.196 e. The van der Waals surface area contributed by atoms with Crippen molar-refractivity contribution in [3.63, 3.8) is 0 Å². The smallest absolute Gasteiger partial charge is 0.196 e. The van der Waals surface area contributed by atoms with E-state index in [2.05, 4.69) is 20.3 Å². The lowest BCUT2D eigenvalue weighted by Crippen LogP contribution is -2.07. The molecule has 0 fully saturated rings. The van der Waals surface area contributed by atoms with E-state index in [1.165, 1.54) is 6.07 Å². The molecule has 0 aliphatic rings. The summed E-state index contributed by atoms with van der Waals surface area (Å²) in [5.41, 5.74) is 4.15. The Hall–Kier alpha value is -4.30. The van der Waals surface area contributed by atoms with E-state index in [0.717, 1.165) is 5.56 Å². The first kappa shape index (κ1) is 24.4. The van der Waals surface area contributed by atoms with E-state index in [0.29, 0.717) is 49.9 Å². The SMILES string of the molecule is O=C(c1ccccc1Cl)c1cccnc1-c1nnn(Cc2cc(CF)cc(CF)c2)c1-c1ccncc1. The fourth-order valence-corrected chi connectivity index (χ4v) is 4.43. The van der Waals surface area contributed by atoms with E-state index in [-0.39, 0.29) is 12.3 Å². The maximum absolute atomic E-state index is 13.5. The normalized spacial score (nSPS) is 11.0. The summed E-state index contributed by atoms with van der Waals surface area (Å²) >= 11 is 6.30. The van der Waals surface area contributed by atoms with Gasteiger partial charge in [0.1, 0.15) is 24.7 Å². The van der Waals surface area contributed by atoms with Crippen LogP contribution in [0.2, 0.25) is 5.02 Å². The fraction of sp³-hybridized carbons (Fsp3) is 0.107. The topological polar surface area (TPSA) is 73.6 Å². The Balaban J connectivity index is 1.65. The Morgan fingerprint density at radius 1 is 0.811 bits per heavy atom. The number of pyridine rings is 2. The second-order valence-electron chi connectivity index (χ2n) is 8.31. The third kappa shape index (κ3) is 5.01. The highest BCUT2D eigenvalue weighted by atomic mass is 35.5. The summed E-state index contributed by atoms with van der Waals surface area (Å²) in [6.45, 7) is -1.21. The molecule has 5 rings (SSSR count). The summed E-state index contributed by atoms with van der Waals surface area (Å²) in [6, 6.07) is 18.6. The quantitative estimate of drug-likeness (QED) is 0.228. The van der Waals surface area contributed by atoms with Gasteiger partial charge in [-0.1, -0.05) is 47.1 Å². The van der Waals surface area contributed by atoms with Gasteiger partial charge in [0, 0.05) is 29.7 Å². The van der Waals surface area contributed by atoms with Gasteiger partial charge in [-0.25, -0.2) is 13.5 Å². The number of ketones is 1. The van der Waals surface area contributed by atoms with Crippen molar-refractivity contribution in [2.45, 2.75) is 19.9 Å². The molecule has 6 nitrogen and oxygen atoms in total. The van der Waals surface area contributed by atoms with Crippen LogP contribution in [0.4, 0.5) is 8.78 Å². The van der Waals surface area contributed by atoms with Gasteiger partial charge in [-0.3, -0.25) is 14.8 Å². The van der Waals surface area contributed by atoms with Gasteiger partial charge in [0.25, 0.3) is 0 Å². The number of halogens is 3. The molecule has 0 radical (unpaired) electrons. The molecule has 5 aromatic rings. The molecule has 9 heteroatoms. The van der Waals surface area contributed by atoms with Crippen molar-refractivity contribution in [1.82, 2.24) is 25.0 Å². The molecule has 2 aromatic carbocycles. The van der Waals surface area contributed by atoms with Crippen LogP contribution in [0.5, 0.6) is 0 Å². The fourth-order valence-electron chi connectivity index (χ4n) is 4.20. The van der Waals surface area contributed by atoms with Crippen LogP contribution in [-0.2, 0) is 19.9 Å². The van der Waals surface area contributed by atoms with E-state index < -0.39 is 13.3 Å². The highest BCUT2D eigenvalue weighted by molar-refractivity contribution is 6.35. The summed E-state index contributed by atoms with van der Waals surface area (Å²) in [7, 11) is 0. The number of hydrogen-bond donors (Lipinski definition) is 0. The monoisotopic (exact) mass is 515 g/mol. The first-order chi connectivity index (χ1) is 18.1. The first-order valence-corrected chi connectivity index (χ1v) is 11.8. The van der Waals surface area contributed by atoms with Crippen LogP contribution in [-0.4, -0.2) is 30.7 Å². The highest BCUT2D eigenvalue weighted by Gasteiger charge is 2.24. The Morgan fingerprint density at radius 2 is 1.49 bits per heavy atom. The molecular formula is C28H20ClF2N5O. The number of rotatable bonds is 8. The maximum atomic E-state index is 13.5. The second-order valence-corrected chi connectivity index (χ2v) is 8.72. The minimum atomic E-state index is -0.706. The standard InChI is InChI=1S/C28H20ClF2N5O/c29-24-6-2-1-4-22(24)28(37)23-5-3-9-33-25(23)26-27(21-7-10-32-11-8-21)36(35-34-26)17-20-13-18(15-30)12-19(14-20)16-31/h1-14H,15-17H2. The first-order valence-electron chi connectivity index (χ1n) is 11.4. The molecular weight excluding hydrogens is 496 g/mol. The Bertz CT molecular complexity index is 1550. The van der Waals surface area contributed by atoms with E-state index in [1.807, 2.05) is 0 Å². The molecule has 37 heavy (non-hydrogen) atoms. The van der Waals surface area contributed by atoms with Crippen LogP contribution in [0.25, 0.3) is 22.6 Å². The van der Waals surface area contributed by atoms with Gasteiger partial charge in [0.05, 0.1) is 22.8 Å². The largest absolute Gasteiger partial charge is 0.288 e. The molecule has 0 unspecified atom stereocenters. The third-order valence-corrected chi connectivity index (χ3v) is 6.17. The molecule has 3 heterocycles. The molecule has 0 atom stereocenters. The van der Waals surface area contributed by atoms with Gasteiger partial charge in [-0.15, -0.1) is 5.10 Å². The van der Waals surface area contributed by atoms with Crippen molar-refractivity contribution >= 4 is 17.4 Å². The van der Waals surface area contributed by atoms with E-state index >= 15 is 0 Å². The number of hydrogen-bond acceptors (Lipinski definition) is 5. The van der Waals surface area contributed by atoms with Crippen LogP contribution in [0.15, 0.2) is 85.3 Å². The van der Waals surface area contributed by atoms with Gasteiger partial charge < -0.3 is 0 Å². The molecule has 3 aromatic heterocycles. The molecule has 0 saturated carbocycles. The number of aromatic nitrogens is 5. The van der Waals surface area contributed by atoms with Crippen molar-refractivity contribution in [1.29, 1.82) is 0 Å². The average Bonchev–Trinajstić information content (AvgIpc) is 3.36. The molecule has 0 saturated heterocycles. The highest BCUT2D eigenvalue weighted by Crippen LogP contribution is 2.33. The van der Waals surface area contributed by atoms with Crippen LogP contribution >= 0.6 is 11.6 Å². The van der Waals surface area contributed by atoms with Gasteiger partial charge in [0.15, 0.2) is 5.78 Å². The Morgan fingerprint density at radius 3 is 2.19 bits per heavy atom. The van der Waals surface area contributed by atoms with Crippen molar-refractivity contribution < 1.29 is 13.6 Å². The zero-order valence-electron chi connectivity index (χ0n) is 19.5. The summed E-state index contributed by atoms with van der Waals surface area (Å²) in [4.78, 5) is 22.1. The Kier molecular flexibility index (Phi) is 7.09. The zero-order chi connectivity index (χ0) is 25.8. The van der Waals surface area contributed by atoms with Crippen LogP contribution < -0.4 is 0 Å². The minimum Gasteiger partial charge on any atom is -0.288 e. The van der Waals surface area contributed by atoms with Crippen molar-refractivity contribution in [3.8, 4) is 22.6 Å². The van der Waals surface area contributed by atoms with E-state index in [1.54, 1.807) is 83.9 Å². The third-order valence-electron chi connectivity index (χ3n) is 5.84. The number of carbonyl (C=O) groups excluding carboxylic acids is 1. The summed E-state index contributed by atoms with van der Waals surface area (Å²) in [6.07, 6.45) is 4.84. The molecule has 0 amide bonds. The van der Waals surface area contributed by atoms with Crippen molar-refractivity contribution in [2.75, 3.05) is 0 Å². The van der Waals surface area contributed by atoms with Gasteiger partial charge in [0.2, 0.25) is 0 Å². The molecule has 0 aliphatic carbocycles. The molecule has 184 valence electrons. The van der Waals surface area contributed by atoms with E-state index in [9.17, 15) is 13.6 Å². The lowest BCUT2D eigenvalue weighted by molar-refractivity contribution is 0.103. The molecule has 0 aliphatic heterocycles. The summed E-state index contributed by atoms with van der Waals surface area (Å²) < 4.78 is 28.4. The van der Waals surface area contributed by atoms with Gasteiger partial charge >= 0.3 is 0 Å². The summed E-state index contributed by atoms with van der Waals surface area (Å²) in [5.74, 6) is -0.299. The number of carbonyl (C=O) groups is 1. The number of alkyl halides is 2. The second kappa shape index (κ2) is 10.8. The van der Waals surface area contributed by atoms with Crippen LogP contribution in [0.1, 0.15) is 32.6 Å². The van der Waals surface area contributed by atoms with Crippen LogP contribution in [0.3, 0.4) is 0 Å². The zero-order valence-corrected chi connectivity index (χ0v) is 20.2. The van der Waals surface area contributed by atoms with Crippen LogP contribution in [0, 0.1) is 0 Å². The number of nitrogens with zero attached hydrogens (tertiary/aromatic N) is 5. The van der Waals surface area contributed by atoms with Gasteiger partial charge in [-0.2, -0.15) is 0 Å². The predicted molar refractivity (Wildman–Crippen MR) is 137 cm³/mol. The molecule has 0 spiro atoms.